The molecule has 1 N–H and O–H groups in total. The molecule has 0 saturated carbocycles. The predicted octanol–water partition coefficient (Wildman–Crippen LogP) is 4.28. The van der Waals surface area contributed by atoms with Crippen LogP contribution in [0.2, 0.25) is 0 Å². The fourth-order valence-corrected chi connectivity index (χ4v) is 3.88. The first-order valence-electron chi connectivity index (χ1n) is 9.82. The number of aryl methyl sites for hydroxylation is 2. The summed E-state index contributed by atoms with van der Waals surface area (Å²) in [5, 5.41) is 2.97. The number of carbonyl (C=O) groups is 1. The third-order valence-electron chi connectivity index (χ3n) is 5.36. The minimum absolute atomic E-state index is 0.228. The zero-order valence-corrected chi connectivity index (χ0v) is 16.8. The molecule has 0 atom stereocenters. The van der Waals surface area contributed by atoms with Gasteiger partial charge in [-0.25, -0.2) is 4.98 Å². The molecule has 1 aliphatic heterocycles. The van der Waals surface area contributed by atoms with Gasteiger partial charge in [0.15, 0.2) is 11.5 Å². The highest BCUT2D eigenvalue weighted by Crippen LogP contribution is 2.33. The van der Waals surface area contributed by atoms with Crippen LogP contribution in [0.15, 0.2) is 60.8 Å². The summed E-state index contributed by atoms with van der Waals surface area (Å²) in [7, 11) is 0. The SMILES string of the molecule is Cc1cccc(C)c1-c1nc(C(=O)NCc2ccc3c(c2)OCO3)n2ccccc12. The molecule has 1 aliphatic rings. The fraction of sp³-hybridized carbons (Fsp3) is 0.167. The van der Waals surface area contributed by atoms with Gasteiger partial charge in [0.2, 0.25) is 12.6 Å². The minimum Gasteiger partial charge on any atom is -0.454 e. The Hall–Kier alpha value is -3.80. The van der Waals surface area contributed by atoms with Crippen molar-refractivity contribution in [2.45, 2.75) is 20.4 Å². The van der Waals surface area contributed by atoms with E-state index in [1.807, 2.05) is 53.1 Å². The second kappa shape index (κ2) is 7.22. The Kier molecular flexibility index (Phi) is 4.39. The summed E-state index contributed by atoms with van der Waals surface area (Å²) in [5.41, 5.74) is 5.99. The van der Waals surface area contributed by atoms with Gasteiger partial charge in [-0.15, -0.1) is 0 Å². The maximum absolute atomic E-state index is 13.0. The number of amides is 1. The first kappa shape index (κ1) is 18.2. The highest BCUT2D eigenvalue weighted by atomic mass is 16.7. The molecule has 0 aliphatic carbocycles. The number of imidazole rings is 1. The monoisotopic (exact) mass is 399 g/mol. The van der Waals surface area contributed by atoms with Crippen LogP contribution in [0.25, 0.3) is 16.8 Å². The van der Waals surface area contributed by atoms with Crippen LogP contribution in [0.5, 0.6) is 11.5 Å². The summed E-state index contributed by atoms with van der Waals surface area (Å²) in [6.07, 6.45) is 1.87. The molecule has 150 valence electrons. The Morgan fingerprint density at radius 1 is 1.03 bits per heavy atom. The number of nitrogens with one attached hydrogen (secondary N) is 1. The summed E-state index contributed by atoms with van der Waals surface area (Å²) >= 11 is 0. The molecule has 0 bridgehead atoms. The van der Waals surface area contributed by atoms with E-state index in [1.165, 1.54) is 0 Å². The van der Waals surface area contributed by atoms with E-state index in [-0.39, 0.29) is 12.7 Å². The quantitative estimate of drug-likeness (QED) is 0.556. The normalized spacial score (nSPS) is 12.3. The summed E-state index contributed by atoms with van der Waals surface area (Å²) < 4.78 is 12.6. The third-order valence-corrected chi connectivity index (χ3v) is 5.36. The summed E-state index contributed by atoms with van der Waals surface area (Å²) in [5.74, 6) is 1.56. The van der Waals surface area contributed by atoms with Gasteiger partial charge < -0.3 is 14.8 Å². The van der Waals surface area contributed by atoms with Crippen molar-refractivity contribution in [2.24, 2.45) is 0 Å². The van der Waals surface area contributed by atoms with Crippen LogP contribution < -0.4 is 14.8 Å². The van der Waals surface area contributed by atoms with E-state index in [0.717, 1.165) is 39.2 Å². The Bertz CT molecular complexity index is 1260. The van der Waals surface area contributed by atoms with Crippen LogP contribution in [0, 0.1) is 13.8 Å². The molecule has 0 radical (unpaired) electrons. The molecule has 30 heavy (non-hydrogen) atoms. The summed E-state index contributed by atoms with van der Waals surface area (Å²) in [4.78, 5) is 17.8. The van der Waals surface area contributed by atoms with Crippen LogP contribution in [0.4, 0.5) is 0 Å². The number of ether oxygens (including phenoxy) is 2. The van der Waals surface area contributed by atoms with Crippen LogP contribution >= 0.6 is 0 Å². The Labute approximate surface area is 174 Å². The van der Waals surface area contributed by atoms with Crippen molar-refractivity contribution in [1.29, 1.82) is 0 Å². The van der Waals surface area contributed by atoms with Crippen LogP contribution in [-0.4, -0.2) is 22.1 Å². The molecule has 0 fully saturated rings. The average molecular weight is 399 g/mol. The molecule has 6 nitrogen and oxygen atoms in total. The third kappa shape index (κ3) is 3.06. The predicted molar refractivity (Wildman–Crippen MR) is 114 cm³/mol. The molecule has 2 aromatic heterocycles. The zero-order valence-electron chi connectivity index (χ0n) is 16.8. The molecule has 2 aromatic carbocycles. The molecule has 0 spiro atoms. The van der Waals surface area contributed by atoms with E-state index in [2.05, 4.69) is 31.3 Å². The molecular weight excluding hydrogens is 378 g/mol. The van der Waals surface area contributed by atoms with Gasteiger partial charge in [0.25, 0.3) is 5.91 Å². The Balaban J connectivity index is 1.48. The number of pyridine rings is 1. The molecule has 5 rings (SSSR count). The van der Waals surface area contributed by atoms with Gasteiger partial charge in [0.05, 0.1) is 11.2 Å². The van der Waals surface area contributed by atoms with Gasteiger partial charge in [0, 0.05) is 18.3 Å². The lowest BCUT2D eigenvalue weighted by Gasteiger charge is -2.07. The molecule has 3 heterocycles. The van der Waals surface area contributed by atoms with Crippen molar-refractivity contribution in [1.82, 2.24) is 14.7 Å². The van der Waals surface area contributed by atoms with Gasteiger partial charge in [0.1, 0.15) is 0 Å². The smallest absolute Gasteiger partial charge is 0.287 e. The van der Waals surface area contributed by atoms with Gasteiger partial charge >= 0.3 is 0 Å². The first-order valence-corrected chi connectivity index (χ1v) is 9.82. The maximum Gasteiger partial charge on any atom is 0.287 e. The first-order chi connectivity index (χ1) is 14.6. The highest BCUT2D eigenvalue weighted by Gasteiger charge is 2.20. The standard InChI is InChI=1S/C24H21N3O3/c1-15-6-5-7-16(2)21(15)22-18-8-3-4-11-27(18)23(26-22)24(28)25-13-17-9-10-19-20(12-17)30-14-29-19/h3-12H,13-14H2,1-2H3,(H,25,28). The van der Waals surface area contributed by atoms with Crippen LogP contribution in [0.3, 0.4) is 0 Å². The van der Waals surface area contributed by atoms with Gasteiger partial charge in [-0.05, 0) is 54.8 Å². The number of carbonyl (C=O) groups excluding carboxylic acids is 1. The number of nitrogens with zero attached hydrogens (tertiary/aromatic N) is 2. The van der Waals surface area contributed by atoms with Gasteiger partial charge in [-0.2, -0.15) is 0 Å². The average Bonchev–Trinajstić information content (AvgIpc) is 3.37. The van der Waals surface area contributed by atoms with E-state index in [9.17, 15) is 4.79 Å². The van der Waals surface area contributed by atoms with Gasteiger partial charge in [-0.1, -0.05) is 30.3 Å². The van der Waals surface area contributed by atoms with Crippen LogP contribution in [-0.2, 0) is 6.54 Å². The maximum atomic E-state index is 13.0. The topological polar surface area (TPSA) is 64.9 Å². The molecular formula is C24H21N3O3. The number of rotatable bonds is 4. The largest absolute Gasteiger partial charge is 0.454 e. The lowest BCUT2D eigenvalue weighted by Crippen LogP contribution is -2.25. The van der Waals surface area contributed by atoms with Crippen molar-refractivity contribution in [2.75, 3.05) is 6.79 Å². The Morgan fingerprint density at radius 3 is 2.67 bits per heavy atom. The lowest BCUT2D eigenvalue weighted by atomic mass is 9.99. The Morgan fingerprint density at radius 2 is 1.83 bits per heavy atom. The molecule has 0 unspecified atom stereocenters. The minimum atomic E-state index is -0.230. The molecule has 1 amide bonds. The molecule has 6 heteroatoms. The molecule has 0 saturated heterocycles. The van der Waals surface area contributed by atoms with Crippen LogP contribution in [0.1, 0.15) is 27.3 Å². The number of benzene rings is 2. The zero-order chi connectivity index (χ0) is 20.7. The van der Waals surface area contributed by atoms with Crippen molar-refractivity contribution in [3.05, 3.63) is 83.3 Å². The fourth-order valence-electron chi connectivity index (χ4n) is 3.88. The summed E-state index contributed by atoms with van der Waals surface area (Å²) in [6.45, 7) is 4.73. The second-order valence-corrected chi connectivity index (χ2v) is 7.38. The van der Waals surface area contributed by atoms with Crippen molar-refractivity contribution in [3.63, 3.8) is 0 Å². The lowest BCUT2D eigenvalue weighted by molar-refractivity contribution is 0.0940. The highest BCUT2D eigenvalue weighted by molar-refractivity contribution is 5.95. The number of hydrogen-bond donors (Lipinski definition) is 1. The van der Waals surface area contributed by atoms with E-state index >= 15 is 0 Å². The van der Waals surface area contributed by atoms with E-state index in [0.29, 0.717) is 18.1 Å². The second-order valence-electron chi connectivity index (χ2n) is 7.38. The van der Waals surface area contributed by atoms with Crippen molar-refractivity contribution < 1.29 is 14.3 Å². The van der Waals surface area contributed by atoms with E-state index in [4.69, 9.17) is 14.5 Å². The number of aromatic nitrogens is 2. The van der Waals surface area contributed by atoms with Gasteiger partial charge in [-0.3, -0.25) is 9.20 Å². The number of fused-ring (bicyclic) bond motifs is 2. The molecule has 4 aromatic rings. The van der Waals surface area contributed by atoms with Crippen molar-refractivity contribution in [3.8, 4) is 22.8 Å². The van der Waals surface area contributed by atoms with E-state index < -0.39 is 0 Å². The summed E-state index contributed by atoms with van der Waals surface area (Å²) in [6, 6.07) is 17.7. The number of hydrogen-bond acceptors (Lipinski definition) is 4. The van der Waals surface area contributed by atoms with E-state index in [1.54, 1.807) is 0 Å². The van der Waals surface area contributed by atoms with Crippen molar-refractivity contribution >= 4 is 11.4 Å².